The Labute approximate surface area is 184 Å². The number of carbonyl (C=O) groups is 3. The van der Waals surface area contributed by atoms with Crippen LogP contribution in [0.4, 0.5) is 5.69 Å². The Kier molecular flexibility index (Phi) is 6.62. The first-order chi connectivity index (χ1) is 14.9. The average Bonchev–Trinajstić information content (AvgIpc) is 3.40. The zero-order chi connectivity index (χ0) is 22.0. The van der Waals surface area contributed by atoms with E-state index in [1.54, 1.807) is 10.9 Å². The van der Waals surface area contributed by atoms with Crippen molar-refractivity contribution in [1.29, 1.82) is 0 Å². The maximum absolute atomic E-state index is 13.1. The third-order valence-corrected chi connectivity index (χ3v) is 7.34. The summed E-state index contributed by atoms with van der Waals surface area (Å²) in [4.78, 5) is 42.1. The van der Waals surface area contributed by atoms with Gasteiger partial charge in [-0.1, -0.05) is 6.92 Å². The average molecular weight is 430 g/mol. The lowest BCUT2D eigenvalue weighted by atomic mass is 9.86. The largest absolute Gasteiger partial charge is 0.342 e. The number of piperidine rings is 1. The molecule has 0 spiro atoms. The molecule has 3 amide bonds. The highest BCUT2D eigenvalue weighted by Gasteiger charge is 2.41. The zero-order valence-electron chi connectivity index (χ0n) is 18.8. The lowest BCUT2D eigenvalue weighted by Crippen LogP contribution is -2.45. The molecular weight excluding hydrogens is 394 g/mol. The predicted octanol–water partition coefficient (Wildman–Crippen LogP) is 2.51. The molecule has 0 radical (unpaired) electrons. The molecule has 1 saturated carbocycles. The second-order valence-electron chi connectivity index (χ2n) is 9.53. The molecule has 1 atom stereocenters. The maximum atomic E-state index is 13.1. The van der Waals surface area contributed by atoms with Crippen molar-refractivity contribution in [1.82, 2.24) is 19.6 Å². The first kappa shape index (κ1) is 21.8. The van der Waals surface area contributed by atoms with E-state index < -0.39 is 0 Å². The van der Waals surface area contributed by atoms with Crippen molar-refractivity contribution in [3.63, 3.8) is 0 Å². The molecule has 1 N–H and O–H groups in total. The van der Waals surface area contributed by atoms with Crippen LogP contribution in [0.2, 0.25) is 0 Å². The molecule has 2 saturated heterocycles. The highest BCUT2D eigenvalue weighted by atomic mass is 16.2. The van der Waals surface area contributed by atoms with Crippen molar-refractivity contribution in [2.24, 2.45) is 17.8 Å². The van der Waals surface area contributed by atoms with Gasteiger partial charge in [-0.3, -0.25) is 19.1 Å². The monoisotopic (exact) mass is 429 g/mol. The number of nitrogens with zero attached hydrogens (tertiary/aromatic N) is 4. The fourth-order valence-corrected chi connectivity index (χ4v) is 5.27. The van der Waals surface area contributed by atoms with Crippen molar-refractivity contribution >= 4 is 23.4 Å². The van der Waals surface area contributed by atoms with E-state index in [1.165, 1.54) is 12.8 Å². The van der Waals surface area contributed by atoms with Crippen LogP contribution < -0.4 is 5.32 Å². The summed E-state index contributed by atoms with van der Waals surface area (Å²) in [5.41, 5.74) is 0.715. The second-order valence-corrected chi connectivity index (χ2v) is 9.53. The molecule has 8 heteroatoms. The molecule has 0 aromatic carbocycles. The van der Waals surface area contributed by atoms with Crippen molar-refractivity contribution < 1.29 is 14.4 Å². The Balaban J connectivity index is 1.25. The molecule has 1 unspecified atom stereocenters. The first-order valence-corrected chi connectivity index (χ1v) is 11.9. The molecule has 1 aromatic heterocycles. The smallest absolute Gasteiger partial charge is 0.227 e. The number of hydrogen-bond donors (Lipinski definition) is 1. The van der Waals surface area contributed by atoms with Gasteiger partial charge in [-0.25, -0.2) is 0 Å². The van der Waals surface area contributed by atoms with Crippen LogP contribution in [-0.4, -0.2) is 63.0 Å². The minimum absolute atomic E-state index is 0.00324. The van der Waals surface area contributed by atoms with Gasteiger partial charge in [-0.15, -0.1) is 0 Å². The summed E-state index contributed by atoms with van der Waals surface area (Å²) in [5.74, 6) is 0.643. The standard InChI is InChI=1S/C23H35N5O3/c1-3-27-15-19(13-24-27)25-22(30)17-8-10-26(11-9-17)23(31)18-12-21(29)28(14-18)20-6-4-16(2)5-7-20/h13,15-18,20H,3-12,14H2,1-2H3,(H,25,30). The molecule has 4 rings (SSSR count). The molecular formula is C23H35N5O3. The van der Waals surface area contributed by atoms with Gasteiger partial charge < -0.3 is 15.1 Å². The Hall–Kier alpha value is -2.38. The first-order valence-electron chi connectivity index (χ1n) is 11.9. The predicted molar refractivity (Wildman–Crippen MR) is 117 cm³/mol. The zero-order valence-corrected chi connectivity index (χ0v) is 18.8. The van der Waals surface area contributed by atoms with Crippen molar-refractivity contribution in [2.45, 2.75) is 71.4 Å². The van der Waals surface area contributed by atoms with E-state index in [0.29, 0.717) is 50.6 Å². The Bertz CT molecular complexity index is 806. The van der Waals surface area contributed by atoms with E-state index in [9.17, 15) is 14.4 Å². The van der Waals surface area contributed by atoms with Crippen LogP contribution in [0.15, 0.2) is 12.4 Å². The van der Waals surface area contributed by atoms with Crippen LogP contribution >= 0.6 is 0 Å². The number of hydrogen-bond acceptors (Lipinski definition) is 4. The van der Waals surface area contributed by atoms with Gasteiger partial charge in [0.1, 0.15) is 0 Å². The summed E-state index contributed by atoms with van der Waals surface area (Å²) < 4.78 is 1.77. The third-order valence-electron chi connectivity index (χ3n) is 7.34. The quantitative estimate of drug-likeness (QED) is 0.779. The fraction of sp³-hybridized carbons (Fsp3) is 0.739. The SMILES string of the molecule is CCn1cc(NC(=O)C2CCN(C(=O)C3CC(=O)N(C4CCC(C)CC4)C3)CC2)cn1. The van der Waals surface area contributed by atoms with E-state index in [4.69, 9.17) is 0 Å². The molecule has 3 heterocycles. The summed E-state index contributed by atoms with van der Waals surface area (Å²) >= 11 is 0. The van der Waals surface area contributed by atoms with E-state index in [0.717, 1.165) is 25.3 Å². The molecule has 1 aromatic rings. The molecule has 31 heavy (non-hydrogen) atoms. The van der Waals surface area contributed by atoms with Gasteiger partial charge >= 0.3 is 0 Å². The summed E-state index contributed by atoms with van der Waals surface area (Å²) in [5, 5.41) is 7.12. The summed E-state index contributed by atoms with van der Waals surface area (Å²) in [6.45, 7) is 6.76. The van der Waals surface area contributed by atoms with Crippen LogP contribution in [0.1, 0.15) is 58.8 Å². The van der Waals surface area contributed by atoms with Gasteiger partial charge in [-0.05, 0) is 51.4 Å². The summed E-state index contributed by atoms with van der Waals surface area (Å²) in [7, 11) is 0. The number of anilines is 1. The van der Waals surface area contributed by atoms with Gasteiger partial charge in [-0.2, -0.15) is 5.10 Å². The molecule has 2 aliphatic heterocycles. The number of carbonyl (C=O) groups excluding carboxylic acids is 3. The lowest BCUT2D eigenvalue weighted by Gasteiger charge is -2.35. The molecule has 170 valence electrons. The molecule has 0 bridgehead atoms. The van der Waals surface area contributed by atoms with Crippen molar-refractivity contribution in [3.8, 4) is 0 Å². The maximum Gasteiger partial charge on any atom is 0.227 e. The Morgan fingerprint density at radius 2 is 1.81 bits per heavy atom. The van der Waals surface area contributed by atoms with Gasteiger partial charge in [0, 0.05) is 50.8 Å². The van der Waals surface area contributed by atoms with E-state index in [1.807, 2.05) is 22.9 Å². The van der Waals surface area contributed by atoms with E-state index >= 15 is 0 Å². The number of amides is 3. The summed E-state index contributed by atoms with van der Waals surface area (Å²) in [6.07, 6.45) is 9.60. The number of likely N-dealkylation sites (tertiary alicyclic amines) is 2. The third kappa shape index (κ3) is 4.93. The van der Waals surface area contributed by atoms with Crippen molar-refractivity contribution in [3.05, 3.63) is 12.4 Å². The Morgan fingerprint density at radius 3 is 2.45 bits per heavy atom. The van der Waals surface area contributed by atoms with Crippen molar-refractivity contribution in [2.75, 3.05) is 25.0 Å². The molecule has 3 aliphatic rings. The van der Waals surface area contributed by atoms with E-state index in [2.05, 4.69) is 17.3 Å². The second kappa shape index (κ2) is 9.40. The highest BCUT2D eigenvalue weighted by Crippen LogP contribution is 2.32. The van der Waals surface area contributed by atoms with Gasteiger partial charge in [0.05, 0.1) is 17.8 Å². The van der Waals surface area contributed by atoms with Crippen LogP contribution in [0, 0.1) is 17.8 Å². The highest BCUT2D eigenvalue weighted by molar-refractivity contribution is 5.93. The summed E-state index contributed by atoms with van der Waals surface area (Å²) in [6, 6.07) is 0.313. The number of aryl methyl sites for hydroxylation is 1. The molecule has 1 aliphatic carbocycles. The number of nitrogens with one attached hydrogen (secondary N) is 1. The minimum Gasteiger partial charge on any atom is -0.342 e. The van der Waals surface area contributed by atoms with Gasteiger partial charge in [0.25, 0.3) is 0 Å². The minimum atomic E-state index is -0.225. The fourth-order valence-electron chi connectivity index (χ4n) is 5.27. The van der Waals surface area contributed by atoms with Crippen LogP contribution in [0.5, 0.6) is 0 Å². The normalized spacial score (nSPS) is 27.5. The number of aromatic nitrogens is 2. The molecule has 8 nitrogen and oxygen atoms in total. The van der Waals surface area contributed by atoms with Gasteiger partial charge in [0.15, 0.2) is 0 Å². The van der Waals surface area contributed by atoms with Crippen LogP contribution in [-0.2, 0) is 20.9 Å². The van der Waals surface area contributed by atoms with Crippen LogP contribution in [0.25, 0.3) is 0 Å². The topological polar surface area (TPSA) is 87.5 Å². The molecule has 3 fully saturated rings. The van der Waals surface area contributed by atoms with E-state index in [-0.39, 0.29) is 29.6 Å². The van der Waals surface area contributed by atoms with Crippen LogP contribution in [0.3, 0.4) is 0 Å². The Morgan fingerprint density at radius 1 is 1.10 bits per heavy atom. The number of rotatable bonds is 5. The van der Waals surface area contributed by atoms with Gasteiger partial charge in [0.2, 0.25) is 17.7 Å². The lowest BCUT2D eigenvalue weighted by molar-refractivity contribution is -0.138.